The second kappa shape index (κ2) is 9.01. The summed E-state index contributed by atoms with van der Waals surface area (Å²) in [6, 6.07) is 2.98. The normalized spacial score (nSPS) is 14.7. The Morgan fingerprint density at radius 3 is 2.88 bits per heavy atom. The van der Waals surface area contributed by atoms with Crippen LogP contribution in [0.25, 0.3) is 0 Å². The van der Waals surface area contributed by atoms with Crippen LogP contribution in [0.2, 0.25) is 0 Å². The van der Waals surface area contributed by atoms with Crippen molar-refractivity contribution in [2.45, 2.75) is 39.4 Å². The molecule has 0 saturated carbocycles. The van der Waals surface area contributed by atoms with Gasteiger partial charge in [0, 0.05) is 25.8 Å². The maximum absolute atomic E-state index is 13.8. The van der Waals surface area contributed by atoms with E-state index in [0.717, 1.165) is 23.4 Å². The molecule has 0 amide bonds. The van der Waals surface area contributed by atoms with Crippen molar-refractivity contribution >= 4 is 5.96 Å². The number of hydrogen-bond donors (Lipinski definition) is 2. The largest absolute Gasteiger partial charge is 0.467 e. The van der Waals surface area contributed by atoms with Crippen molar-refractivity contribution < 1.29 is 18.6 Å². The van der Waals surface area contributed by atoms with Gasteiger partial charge in [0.1, 0.15) is 11.6 Å². The van der Waals surface area contributed by atoms with E-state index < -0.39 is 0 Å². The summed E-state index contributed by atoms with van der Waals surface area (Å²) in [6.07, 6.45) is 0.623. The number of hydrogen-bond acceptors (Lipinski definition) is 4. The second-order valence-corrected chi connectivity index (χ2v) is 6.50. The van der Waals surface area contributed by atoms with Crippen molar-refractivity contribution in [1.29, 1.82) is 0 Å². The number of ether oxygens (including phenoxy) is 3. The lowest BCUT2D eigenvalue weighted by Gasteiger charge is -2.22. The second-order valence-electron chi connectivity index (χ2n) is 6.50. The van der Waals surface area contributed by atoms with E-state index in [1.54, 1.807) is 7.11 Å². The number of methoxy groups -OCH3 is 1. The number of nitrogens with zero attached hydrogens (tertiary/aromatic N) is 1. The van der Waals surface area contributed by atoms with Crippen molar-refractivity contribution in [2.75, 3.05) is 33.5 Å². The molecule has 1 heterocycles. The highest BCUT2D eigenvalue weighted by atomic mass is 19.1. The van der Waals surface area contributed by atoms with Gasteiger partial charge in [-0.25, -0.2) is 4.39 Å². The molecule has 1 aromatic rings. The van der Waals surface area contributed by atoms with Crippen LogP contribution in [0.5, 0.6) is 5.75 Å². The zero-order chi connectivity index (χ0) is 18.3. The van der Waals surface area contributed by atoms with Crippen molar-refractivity contribution in [3.63, 3.8) is 0 Å². The fourth-order valence-corrected chi connectivity index (χ4v) is 2.43. The molecule has 1 aliphatic heterocycles. The molecule has 25 heavy (non-hydrogen) atoms. The van der Waals surface area contributed by atoms with Crippen molar-refractivity contribution in [3.05, 3.63) is 29.1 Å². The topological polar surface area (TPSA) is 64.1 Å². The first-order chi connectivity index (χ1) is 11.9. The van der Waals surface area contributed by atoms with Crippen LogP contribution in [-0.4, -0.2) is 45.1 Å². The van der Waals surface area contributed by atoms with Crippen LogP contribution in [0, 0.1) is 5.82 Å². The van der Waals surface area contributed by atoms with Crippen LogP contribution in [0.15, 0.2) is 17.1 Å². The van der Waals surface area contributed by atoms with Crippen molar-refractivity contribution in [2.24, 2.45) is 4.99 Å². The van der Waals surface area contributed by atoms with Crippen LogP contribution in [-0.2, 0) is 22.5 Å². The van der Waals surface area contributed by atoms with Crippen LogP contribution in [0.1, 0.15) is 31.9 Å². The standard InChI is InChI=1S/C18H28FN3O3/c1-5-20-17(22-11-18(2,3)23-4)21-7-6-13-8-15(19)9-14-10-24-12-25-16(13)14/h8-9H,5-7,10-12H2,1-4H3,(H2,20,21,22). The van der Waals surface area contributed by atoms with E-state index in [1.807, 2.05) is 20.8 Å². The van der Waals surface area contributed by atoms with Gasteiger partial charge in [0.15, 0.2) is 12.8 Å². The molecule has 140 valence electrons. The maximum atomic E-state index is 13.8. The number of aliphatic imine (C=N–C) groups is 1. The minimum Gasteiger partial charge on any atom is -0.467 e. The molecular formula is C18H28FN3O3. The Hall–Kier alpha value is -1.86. The Bertz CT molecular complexity index is 605. The Kier molecular flexibility index (Phi) is 7.01. The molecule has 0 aromatic heterocycles. The van der Waals surface area contributed by atoms with Gasteiger partial charge in [0.05, 0.1) is 18.8 Å². The van der Waals surface area contributed by atoms with E-state index in [1.165, 1.54) is 12.1 Å². The molecule has 2 N–H and O–H groups in total. The van der Waals surface area contributed by atoms with Gasteiger partial charge in [-0.2, -0.15) is 0 Å². The molecule has 0 aliphatic carbocycles. The number of guanidine groups is 1. The van der Waals surface area contributed by atoms with Crippen LogP contribution in [0.3, 0.4) is 0 Å². The van der Waals surface area contributed by atoms with Gasteiger partial charge in [-0.15, -0.1) is 0 Å². The number of halogens is 1. The maximum Gasteiger partial charge on any atom is 0.191 e. The van der Waals surface area contributed by atoms with Crippen molar-refractivity contribution in [1.82, 2.24) is 10.6 Å². The molecule has 0 bridgehead atoms. The summed E-state index contributed by atoms with van der Waals surface area (Å²) in [5, 5.41) is 6.46. The Balaban J connectivity index is 1.98. The minimum atomic E-state index is -0.322. The lowest BCUT2D eigenvalue weighted by molar-refractivity contribution is -0.0172. The lowest BCUT2D eigenvalue weighted by Crippen LogP contribution is -2.40. The third kappa shape index (κ3) is 5.86. The summed E-state index contributed by atoms with van der Waals surface area (Å²) in [6.45, 7) is 8.47. The smallest absolute Gasteiger partial charge is 0.191 e. The van der Waals surface area contributed by atoms with Crippen LogP contribution >= 0.6 is 0 Å². The van der Waals surface area contributed by atoms with Gasteiger partial charge < -0.3 is 24.8 Å². The third-order valence-corrected chi connectivity index (χ3v) is 3.95. The van der Waals surface area contributed by atoms with E-state index in [2.05, 4.69) is 15.6 Å². The quantitative estimate of drug-likeness (QED) is 0.581. The highest BCUT2D eigenvalue weighted by Gasteiger charge is 2.17. The lowest BCUT2D eigenvalue weighted by atomic mass is 10.1. The Morgan fingerprint density at radius 2 is 2.16 bits per heavy atom. The van der Waals surface area contributed by atoms with E-state index in [9.17, 15) is 4.39 Å². The van der Waals surface area contributed by atoms with Gasteiger partial charge >= 0.3 is 0 Å². The number of fused-ring (bicyclic) bond motifs is 1. The molecule has 0 saturated heterocycles. The number of rotatable bonds is 7. The molecule has 0 spiro atoms. The molecule has 1 aromatic carbocycles. The van der Waals surface area contributed by atoms with Crippen LogP contribution in [0.4, 0.5) is 4.39 Å². The molecule has 7 heteroatoms. The molecule has 1 aliphatic rings. The molecule has 0 unspecified atom stereocenters. The molecule has 6 nitrogen and oxygen atoms in total. The van der Waals surface area contributed by atoms with E-state index in [0.29, 0.717) is 32.1 Å². The van der Waals surface area contributed by atoms with Gasteiger partial charge in [-0.05, 0) is 44.9 Å². The summed E-state index contributed by atoms with van der Waals surface area (Å²) in [5.74, 6) is 1.17. The third-order valence-electron chi connectivity index (χ3n) is 3.95. The Morgan fingerprint density at radius 1 is 1.36 bits per heavy atom. The predicted octanol–water partition coefficient (Wildman–Crippen LogP) is 2.21. The average Bonchev–Trinajstić information content (AvgIpc) is 2.59. The van der Waals surface area contributed by atoms with Gasteiger partial charge in [-0.1, -0.05) is 0 Å². The first kappa shape index (κ1) is 19.5. The first-order valence-corrected chi connectivity index (χ1v) is 8.54. The monoisotopic (exact) mass is 353 g/mol. The molecule has 2 rings (SSSR count). The first-order valence-electron chi connectivity index (χ1n) is 8.54. The van der Waals surface area contributed by atoms with Gasteiger partial charge in [0.2, 0.25) is 0 Å². The summed E-state index contributed by atoms with van der Waals surface area (Å²) in [7, 11) is 1.67. The molecule has 0 fully saturated rings. The number of benzene rings is 1. The summed E-state index contributed by atoms with van der Waals surface area (Å²) < 4.78 is 29.9. The fourth-order valence-electron chi connectivity index (χ4n) is 2.43. The predicted molar refractivity (Wildman–Crippen MR) is 95.5 cm³/mol. The van der Waals surface area contributed by atoms with Crippen molar-refractivity contribution in [3.8, 4) is 5.75 Å². The molecule has 0 radical (unpaired) electrons. The summed E-state index contributed by atoms with van der Waals surface area (Å²) >= 11 is 0. The minimum absolute atomic E-state index is 0.204. The fraction of sp³-hybridized carbons (Fsp3) is 0.611. The van der Waals surface area contributed by atoms with E-state index >= 15 is 0 Å². The Labute approximate surface area is 148 Å². The average molecular weight is 353 g/mol. The molecular weight excluding hydrogens is 325 g/mol. The highest BCUT2D eigenvalue weighted by Crippen LogP contribution is 2.29. The number of nitrogens with one attached hydrogen (secondary N) is 2. The summed E-state index contributed by atoms with van der Waals surface area (Å²) in [4.78, 5) is 4.54. The highest BCUT2D eigenvalue weighted by molar-refractivity contribution is 5.79. The van der Waals surface area contributed by atoms with Crippen LogP contribution < -0.4 is 15.4 Å². The van der Waals surface area contributed by atoms with E-state index in [-0.39, 0.29) is 18.2 Å². The van der Waals surface area contributed by atoms with Gasteiger partial charge in [-0.3, -0.25) is 4.99 Å². The SMILES string of the molecule is CCNC(=NCC(C)(C)OC)NCCc1cc(F)cc2c1OCOC2. The van der Waals surface area contributed by atoms with E-state index in [4.69, 9.17) is 14.2 Å². The summed E-state index contributed by atoms with van der Waals surface area (Å²) in [5.41, 5.74) is 1.26. The zero-order valence-electron chi connectivity index (χ0n) is 15.4. The molecule has 0 atom stereocenters. The van der Waals surface area contributed by atoms with Gasteiger partial charge in [0.25, 0.3) is 0 Å². The zero-order valence-corrected chi connectivity index (χ0v) is 15.4.